The molecular formula is C19H24N4O5S. The number of urea groups is 1. The Morgan fingerprint density at radius 1 is 1.03 bits per heavy atom. The van der Waals surface area contributed by atoms with Crippen LogP contribution in [0.2, 0.25) is 0 Å². The fraction of sp³-hybridized carbons (Fsp3) is 0.526. The van der Waals surface area contributed by atoms with E-state index in [-0.39, 0.29) is 45.2 Å². The molecule has 156 valence electrons. The highest BCUT2D eigenvalue weighted by molar-refractivity contribution is 7.89. The Hall–Kier alpha value is -2.46. The highest BCUT2D eigenvalue weighted by Gasteiger charge is 2.37. The average Bonchev–Trinajstić information content (AvgIpc) is 3.27. The van der Waals surface area contributed by atoms with E-state index in [0.717, 1.165) is 29.7 Å². The van der Waals surface area contributed by atoms with Gasteiger partial charge in [0.1, 0.15) is 13.1 Å². The Morgan fingerprint density at radius 3 is 2.38 bits per heavy atom. The number of carbonyl (C=O) groups is 3. The molecular weight excluding hydrogens is 396 g/mol. The van der Waals surface area contributed by atoms with Crippen molar-refractivity contribution in [3.05, 3.63) is 29.3 Å². The molecule has 10 heteroatoms. The summed E-state index contributed by atoms with van der Waals surface area (Å²) in [5.41, 5.74) is 2.32. The van der Waals surface area contributed by atoms with E-state index in [9.17, 15) is 22.8 Å². The summed E-state index contributed by atoms with van der Waals surface area (Å²) >= 11 is 0. The van der Waals surface area contributed by atoms with E-state index in [2.05, 4.69) is 0 Å². The number of aryl methyl sites for hydroxylation is 2. The maximum atomic E-state index is 13.0. The summed E-state index contributed by atoms with van der Waals surface area (Å²) in [5.74, 6) is -0.750. The first kappa shape index (κ1) is 19.8. The molecule has 29 heavy (non-hydrogen) atoms. The number of carbonyl (C=O) groups excluding carboxylic acids is 3. The molecule has 0 N–H and O–H groups in total. The molecule has 4 rings (SSSR count). The van der Waals surface area contributed by atoms with Crippen LogP contribution in [-0.2, 0) is 32.5 Å². The molecule has 2 aliphatic heterocycles. The topological polar surface area (TPSA) is 98.3 Å². The summed E-state index contributed by atoms with van der Waals surface area (Å²) in [7, 11) is -2.10. The van der Waals surface area contributed by atoms with E-state index in [1.165, 1.54) is 26.7 Å². The zero-order valence-corrected chi connectivity index (χ0v) is 17.2. The van der Waals surface area contributed by atoms with Crippen LogP contribution in [0, 0.1) is 0 Å². The quantitative estimate of drug-likeness (QED) is 0.634. The number of piperazine rings is 1. The van der Waals surface area contributed by atoms with Crippen LogP contribution in [0.25, 0.3) is 0 Å². The summed E-state index contributed by atoms with van der Waals surface area (Å²) < 4.78 is 27.4. The van der Waals surface area contributed by atoms with Crippen molar-refractivity contribution in [3.63, 3.8) is 0 Å². The van der Waals surface area contributed by atoms with Gasteiger partial charge in [0.2, 0.25) is 15.9 Å². The number of rotatable bonds is 4. The third-order valence-corrected chi connectivity index (χ3v) is 7.72. The van der Waals surface area contributed by atoms with Gasteiger partial charge in [0.25, 0.3) is 5.91 Å². The van der Waals surface area contributed by atoms with Gasteiger partial charge in [0.15, 0.2) is 0 Å². The third kappa shape index (κ3) is 3.62. The summed E-state index contributed by atoms with van der Waals surface area (Å²) in [6.07, 6.45) is 2.95. The van der Waals surface area contributed by atoms with Crippen molar-refractivity contribution < 1.29 is 22.8 Å². The lowest BCUT2D eigenvalue weighted by Crippen LogP contribution is -2.53. The lowest BCUT2D eigenvalue weighted by Gasteiger charge is -2.34. The SMILES string of the molecule is CN1CC(=O)N(CC(=O)N2CCN(S(=O)(=O)c3ccc4c(c3)CCC4)CC2)C1=O. The van der Waals surface area contributed by atoms with Crippen LogP contribution < -0.4 is 0 Å². The van der Waals surface area contributed by atoms with Crippen molar-refractivity contribution in [1.82, 2.24) is 19.0 Å². The second-order valence-corrected chi connectivity index (χ2v) is 9.63. The van der Waals surface area contributed by atoms with E-state index in [0.29, 0.717) is 4.90 Å². The lowest BCUT2D eigenvalue weighted by molar-refractivity contribution is -0.137. The molecule has 1 aromatic carbocycles. The second-order valence-electron chi connectivity index (χ2n) is 7.69. The maximum absolute atomic E-state index is 13.0. The number of likely N-dealkylation sites (N-methyl/N-ethyl adjacent to an activating group) is 1. The van der Waals surface area contributed by atoms with E-state index in [1.807, 2.05) is 6.07 Å². The van der Waals surface area contributed by atoms with Crippen LogP contribution in [-0.4, -0.2) is 91.6 Å². The molecule has 0 atom stereocenters. The van der Waals surface area contributed by atoms with E-state index >= 15 is 0 Å². The normalized spacial score (nSPS) is 20.5. The standard InChI is InChI=1S/C19H24N4O5S/c1-20-12-18(25)23(19(20)26)13-17(24)21-7-9-22(10-8-21)29(27,28)16-6-5-14-3-2-4-15(14)11-16/h5-6,11H,2-4,7-10,12-13H2,1H3. The van der Waals surface area contributed by atoms with Crippen LogP contribution in [0.15, 0.2) is 23.1 Å². The van der Waals surface area contributed by atoms with Gasteiger partial charge in [-0.2, -0.15) is 4.31 Å². The number of nitrogens with zero attached hydrogens (tertiary/aromatic N) is 4. The first-order valence-corrected chi connectivity index (χ1v) is 11.2. The third-order valence-electron chi connectivity index (χ3n) is 5.82. The predicted octanol–water partition coefficient (Wildman–Crippen LogP) is -0.0978. The van der Waals surface area contributed by atoms with Gasteiger partial charge in [0, 0.05) is 33.2 Å². The predicted molar refractivity (Wildman–Crippen MR) is 104 cm³/mol. The lowest BCUT2D eigenvalue weighted by atomic mass is 10.1. The average molecular weight is 420 g/mol. The number of hydrogen-bond acceptors (Lipinski definition) is 5. The Morgan fingerprint density at radius 2 is 1.72 bits per heavy atom. The fourth-order valence-electron chi connectivity index (χ4n) is 4.10. The van der Waals surface area contributed by atoms with E-state index in [4.69, 9.17) is 0 Å². The van der Waals surface area contributed by atoms with Gasteiger partial charge >= 0.3 is 6.03 Å². The number of imide groups is 1. The number of fused-ring (bicyclic) bond motifs is 1. The Balaban J connectivity index is 1.38. The molecule has 2 fully saturated rings. The second kappa shape index (κ2) is 7.42. The molecule has 2 heterocycles. The monoisotopic (exact) mass is 420 g/mol. The van der Waals surface area contributed by atoms with Crippen molar-refractivity contribution in [3.8, 4) is 0 Å². The highest BCUT2D eigenvalue weighted by atomic mass is 32.2. The minimum absolute atomic E-state index is 0.0289. The van der Waals surface area contributed by atoms with E-state index in [1.54, 1.807) is 12.1 Å². The Kier molecular flexibility index (Phi) is 5.07. The van der Waals surface area contributed by atoms with Crippen molar-refractivity contribution in [2.24, 2.45) is 0 Å². The van der Waals surface area contributed by atoms with Gasteiger partial charge < -0.3 is 9.80 Å². The number of benzene rings is 1. The first-order valence-electron chi connectivity index (χ1n) is 9.72. The zero-order chi connectivity index (χ0) is 20.8. The fourth-order valence-corrected chi connectivity index (χ4v) is 5.57. The number of sulfonamides is 1. The zero-order valence-electron chi connectivity index (χ0n) is 16.3. The summed E-state index contributed by atoms with van der Waals surface area (Å²) in [5, 5.41) is 0. The minimum Gasteiger partial charge on any atom is -0.338 e. The molecule has 1 aliphatic carbocycles. The summed E-state index contributed by atoms with van der Waals surface area (Å²) in [6, 6.07) is 4.85. The maximum Gasteiger partial charge on any atom is 0.327 e. The van der Waals surface area contributed by atoms with Gasteiger partial charge in [-0.25, -0.2) is 13.2 Å². The molecule has 9 nitrogen and oxygen atoms in total. The van der Waals surface area contributed by atoms with E-state index < -0.39 is 22.0 Å². The van der Waals surface area contributed by atoms with Gasteiger partial charge in [-0.3, -0.25) is 14.5 Å². The Labute approximate surface area is 169 Å². The summed E-state index contributed by atoms with van der Waals surface area (Å²) in [4.78, 5) is 40.3. The number of amides is 4. The molecule has 1 aromatic rings. The first-order chi connectivity index (χ1) is 13.8. The van der Waals surface area contributed by atoms with Crippen LogP contribution in [0.5, 0.6) is 0 Å². The molecule has 0 spiro atoms. The van der Waals surface area contributed by atoms with Crippen LogP contribution in [0.3, 0.4) is 0 Å². The molecule has 0 aromatic heterocycles. The van der Waals surface area contributed by atoms with Crippen molar-refractivity contribution in [2.45, 2.75) is 24.2 Å². The molecule has 0 bridgehead atoms. The van der Waals surface area contributed by atoms with Crippen LogP contribution in [0.1, 0.15) is 17.5 Å². The molecule has 3 aliphatic rings. The van der Waals surface area contributed by atoms with Crippen LogP contribution in [0.4, 0.5) is 4.79 Å². The van der Waals surface area contributed by atoms with Gasteiger partial charge in [-0.15, -0.1) is 0 Å². The van der Waals surface area contributed by atoms with Crippen molar-refractivity contribution in [1.29, 1.82) is 0 Å². The molecule has 2 saturated heterocycles. The van der Waals surface area contributed by atoms with Crippen LogP contribution >= 0.6 is 0 Å². The minimum atomic E-state index is -3.61. The van der Waals surface area contributed by atoms with Gasteiger partial charge in [-0.05, 0) is 42.5 Å². The number of hydrogen-bond donors (Lipinski definition) is 0. The molecule has 0 radical (unpaired) electrons. The smallest absolute Gasteiger partial charge is 0.327 e. The Bertz CT molecular complexity index is 969. The summed E-state index contributed by atoms with van der Waals surface area (Å²) in [6.45, 7) is 0.503. The highest BCUT2D eigenvalue weighted by Crippen LogP contribution is 2.26. The molecule has 4 amide bonds. The van der Waals surface area contributed by atoms with Crippen molar-refractivity contribution in [2.75, 3.05) is 46.3 Å². The molecule has 0 saturated carbocycles. The largest absolute Gasteiger partial charge is 0.338 e. The van der Waals surface area contributed by atoms with Crippen molar-refractivity contribution >= 4 is 27.9 Å². The van der Waals surface area contributed by atoms with Gasteiger partial charge in [0.05, 0.1) is 4.90 Å². The van der Waals surface area contributed by atoms with Gasteiger partial charge in [-0.1, -0.05) is 6.07 Å². The molecule has 0 unspecified atom stereocenters.